The first-order valence-corrected chi connectivity index (χ1v) is 7.89. The Hall–Kier alpha value is -1.59. The lowest BCUT2D eigenvalue weighted by molar-refractivity contribution is 0.0373. The van der Waals surface area contributed by atoms with Crippen molar-refractivity contribution in [3.63, 3.8) is 0 Å². The number of likely N-dealkylation sites (tertiary alicyclic amines) is 1. The van der Waals surface area contributed by atoms with Crippen molar-refractivity contribution >= 4 is 11.7 Å². The van der Waals surface area contributed by atoms with Gasteiger partial charge in [-0.3, -0.25) is 4.90 Å². The van der Waals surface area contributed by atoms with E-state index in [1.807, 2.05) is 26.8 Å². The highest BCUT2D eigenvalue weighted by atomic mass is 16.5. The van der Waals surface area contributed by atoms with E-state index in [9.17, 15) is 4.79 Å². The number of esters is 1. The molecule has 122 valence electrons. The number of rotatable bonds is 4. The number of nitrogens with zero attached hydrogens (tertiary/aromatic N) is 1. The molecule has 4 N–H and O–H groups in total. The van der Waals surface area contributed by atoms with Crippen molar-refractivity contribution in [2.24, 2.45) is 11.7 Å². The third-order valence-corrected chi connectivity index (χ3v) is 4.79. The van der Waals surface area contributed by atoms with Crippen LogP contribution >= 0.6 is 0 Å². The van der Waals surface area contributed by atoms with E-state index in [0.717, 1.165) is 48.3 Å². The summed E-state index contributed by atoms with van der Waals surface area (Å²) < 4.78 is 5.54. The fraction of sp³-hybridized carbons (Fsp3) is 0.588. The lowest BCUT2D eigenvalue weighted by atomic mass is 9.97. The van der Waals surface area contributed by atoms with Gasteiger partial charge in [-0.15, -0.1) is 0 Å². The molecule has 5 nitrogen and oxygen atoms in total. The van der Waals surface area contributed by atoms with Crippen LogP contribution in [0.3, 0.4) is 0 Å². The van der Waals surface area contributed by atoms with Gasteiger partial charge in [-0.25, -0.2) is 4.79 Å². The molecule has 1 aromatic carbocycles. The normalized spacial score (nSPS) is 16.7. The van der Waals surface area contributed by atoms with Crippen molar-refractivity contribution in [3.05, 3.63) is 28.3 Å². The van der Waals surface area contributed by atoms with Crippen molar-refractivity contribution in [2.75, 3.05) is 32.1 Å². The number of carbonyl (C=O) groups excluding carboxylic acids is 1. The summed E-state index contributed by atoms with van der Waals surface area (Å²) in [6, 6.07) is 1.83. The highest BCUT2D eigenvalue weighted by molar-refractivity contribution is 5.92. The zero-order chi connectivity index (χ0) is 16.3. The van der Waals surface area contributed by atoms with Crippen LogP contribution in [-0.2, 0) is 4.74 Å². The Bertz CT molecular complexity index is 549. The van der Waals surface area contributed by atoms with Gasteiger partial charge in [0.25, 0.3) is 0 Å². The lowest BCUT2D eigenvalue weighted by Gasteiger charge is -2.30. The summed E-state index contributed by atoms with van der Waals surface area (Å²) in [6.45, 7) is 8.84. The average molecular weight is 305 g/mol. The zero-order valence-electron chi connectivity index (χ0n) is 13.8. The van der Waals surface area contributed by atoms with Crippen LogP contribution in [0.4, 0.5) is 5.69 Å². The summed E-state index contributed by atoms with van der Waals surface area (Å²) in [6.07, 6.45) is 2.06. The summed E-state index contributed by atoms with van der Waals surface area (Å²) in [4.78, 5) is 14.6. The second-order valence-corrected chi connectivity index (χ2v) is 6.25. The number of piperidine rings is 1. The standard InChI is InChI=1S/C17H27N3O2/c1-11-8-15(12(2)13(3)16(11)19)17(21)22-9-14-4-6-20(10-18)7-5-14/h8,14H,4-7,9-10,18-19H2,1-3H3. The Morgan fingerprint density at radius 2 is 1.91 bits per heavy atom. The van der Waals surface area contributed by atoms with Gasteiger partial charge in [0.05, 0.1) is 12.2 Å². The molecule has 22 heavy (non-hydrogen) atoms. The highest BCUT2D eigenvalue weighted by Gasteiger charge is 2.21. The number of nitrogen functional groups attached to an aromatic ring is 1. The number of ether oxygens (including phenoxy) is 1. The van der Waals surface area contributed by atoms with Gasteiger partial charge in [-0.05, 0) is 75.4 Å². The van der Waals surface area contributed by atoms with Gasteiger partial charge < -0.3 is 16.2 Å². The third kappa shape index (κ3) is 3.59. The number of hydrogen-bond donors (Lipinski definition) is 2. The minimum atomic E-state index is -0.245. The molecule has 2 rings (SSSR count). The molecule has 1 heterocycles. The molecule has 0 bridgehead atoms. The molecule has 1 aliphatic heterocycles. The Labute approximate surface area is 132 Å². The largest absolute Gasteiger partial charge is 0.462 e. The van der Waals surface area contributed by atoms with Gasteiger partial charge in [-0.1, -0.05) is 0 Å². The van der Waals surface area contributed by atoms with Crippen molar-refractivity contribution in [2.45, 2.75) is 33.6 Å². The van der Waals surface area contributed by atoms with Crippen LogP contribution in [0, 0.1) is 26.7 Å². The molecule has 1 aromatic rings. The molecular weight excluding hydrogens is 278 g/mol. The lowest BCUT2D eigenvalue weighted by Crippen LogP contribution is -2.38. The second kappa shape index (κ2) is 7.11. The average Bonchev–Trinajstić information content (AvgIpc) is 2.54. The van der Waals surface area contributed by atoms with E-state index >= 15 is 0 Å². The number of anilines is 1. The van der Waals surface area contributed by atoms with E-state index in [0.29, 0.717) is 24.8 Å². The van der Waals surface area contributed by atoms with Gasteiger partial charge in [0.15, 0.2) is 0 Å². The molecule has 0 aliphatic carbocycles. The van der Waals surface area contributed by atoms with E-state index in [4.69, 9.17) is 16.2 Å². The highest BCUT2D eigenvalue weighted by Crippen LogP contribution is 2.25. The van der Waals surface area contributed by atoms with Crippen molar-refractivity contribution in [3.8, 4) is 0 Å². The topological polar surface area (TPSA) is 81.6 Å². The maximum atomic E-state index is 12.4. The summed E-state index contributed by atoms with van der Waals surface area (Å²) in [5.74, 6) is 0.188. The van der Waals surface area contributed by atoms with Crippen LogP contribution in [0.2, 0.25) is 0 Å². The number of benzene rings is 1. The van der Waals surface area contributed by atoms with Crippen LogP contribution < -0.4 is 11.5 Å². The molecule has 1 fully saturated rings. The molecule has 0 spiro atoms. The monoisotopic (exact) mass is 305 g/mol. The van der Waals surface area contributed by atoms with Crippen LogP contribution in [0.15, 0.2) is 6.07 Å². The second-order valence-electron chi connectivity index (χ2n) is 6.25. The first kappa shape index (κ1) is 16.8. The van der Waals surface area contributed by atoms with Gasteiger partial charge in [0.2, 0.25) is 0 Å². The Morgan fingerprint density at radius 1 is 1.27 bits per heavy atom. The summed E-state index contributed by atoms with van der Waals surface area (Å²) in [7, 11) is 0. The Morgan fingerprint density at radius 3 is 2.50 bits per heavy atom. The molecule has 0 atom stereocenters. The maximum absolute atomic E-state index is 12.4. The summed E-state index contributed by atoms with van der Waals surface area (Å²) in [5.41, 5.74) is 15.8. The molecule has 0 unspecified atom stereocenters. The van der Waals surface area contributed by atoms with Gasteiger partial charge in [0, 0.05) is 12.4 Å². The minimum absolute atomic E-state index is 0.245. The Balaban J connectivity index is 1.96. The molecule has 0 aromatic heterocycles. The number of hydrogen-bond acceptors (Lipinski definition) is 5. The fourth-order valence-electron chi connectivity index (χ4n) is 2.92. The molecule has 5 heteroatoms. The Kier molecular flexibility index (Phi) is 5.42. The van der Waals surface area contributed by atoms with E-state index in [2.05, 4.69) is 4.90 Å². The quantitative estimate of drug-likeness (QED) is 0.656. The number of nitrogens with two attached hydrogens (primary N) is 2. The number of aryl methyl sites for hydroxylation is 1. The van der Waals surface area contributed by atoms with Gasteiger partial charge >= 0.3 is 5.97 Å². The molecular formula is C17H27N3O2. The zero-order valence-corrected chi connectivity index (χ0v) is 13.8. The van der Waals surface area contributed by atoms with Crippen LogP contribution in [0.5, 0.6) is 0 Å². The van der Waals surface area contributed by atoms with Gasteiger partial charge in [0.1, 0.15) is 0 Å². The van der Waals surface area contributed by atoms with Crippen molar-refractivity contribution in [1.29, 1.82) is 0 Å². The van der Waals surface area contributed by atoms with E-state index in [1.165, 1.54) is 0 Å². The summed E-state index contributed by atoms with van der Waals surface area (Å²) in [5, 5.41) is 0. The first-order valence-electron chi connectivity index (χ1n) is 7.89. The van der Waals surface area contributed by atoms with Gasteiger partial charge in [-0.2, -0.15) is 0 Å². The number of carbonyl (C=O) groups is 1. The molecule has 1 saturated heterocycles. The van der Waals surface area contributed by atoms with Crippen molar-refractivity contribution < 1.29 is 9.53 Å². The van der Waals surface area contributed by atoms with E-state index < -0.39 is 0 Å². The maximum Gasteiger partial charge on any atom is 0.338 e. The van der Waals surface area contributed by atoms with Crippen LogP contribution in [0.25, 0.3) is 0 Å². The third-order valence-electron chi connectivity index (χ3n) is 4.79. The molecule has 0 amide bonds. The van der Waals surface area contributed by atoms with E-state index in [-0.39, 0.29) is 5.97 Å². The van der Waals surface area contributed by atoms with Crippen LogP contribution in [0.1, 0.15) is 39.9 Å². The summed E-state index contributed by atoms with van der Waals surface area (Å²) >= 11 is 0. The van der Waals surface area contributed by atoms with Crippen molar-refractivity contribution in [1.82, 2.24) is 4.90 Å². The van der Waals surface area contributed by atoms with Crippen LogP contribution in [-0.4, -0.2) is 37.2 Å². The molecule has 0 saturated carbocycles. The minimum Gasteiger partial charge on any atom is -0.462 e. The predicted molar refractivity (Wildman–Crippen MR) is 88.7 cm³/mol. The smallest absolute Gasteiger partial charge is 0.338 e. The van der Waals surface area contributed by atoms with E-state index in [1.54, 1.807) is 0 Å². The fourth-order valence-corrected chi connectivity index (χ4v) is 2.92. The predicted octanol–water partition coefficient (Wildman–Crippen LogP) is 1.98. The first-order chi connectivity index (χ1) is 10.4. The molecule has 1 aliphatic rings. The SMILES string of the molecule is Cc1cc(C(=O)OCC2CCN(CN)CC2)c(C)c(C)c1N. The molecule has 0 radical (unpaired) electrons.